The number of hydrogen-bond acceptors (Lipinski definition) is 8. The zero-order chi connectivity index (χ0) is 21.7. The van der Waals surface area contributed by atoms with E-state index in [1.807, 2.05) is 13.0 Å². The topological polar surface area (TPSA) is 129 Å². The second-order valence-electron chi connectivity index (χ2n) is 6.89. The van der Waals surface area contributed by atoms with Gasteiger partial charge in [0.2, 0.25) is 5.91 Å². The predicted octanol–water partition coefficient (Wildman–Crippen LogP) is 1.38. The molecular weight excluding hydrogens is 392 g/mol. The van der Waals surface area contributed by atoms with Crippen molar-refractivity contribution in [3.8, 4) is 11.5 Å². The van der Waals surface area contributed by atoms with Crippen molar-refractivity contribution in [2.75, 3.05) is 27.3 Å². The van der Waals surface area contributed by atoms with Crippen molar-refractivity contribution in [2.24, 2.45) is 5.73 Å². The van der Waals surface area contributed by atoms with E-state index in [1.165, 1.54) is 26.7 Å². The molecule has 2 heterocycles. The van der Waals surface area contributed by atoms with E-state index in [-0.39, 0.29) is 17.6 Å². The van der Waals surface area contributed by atoms with E-state index in [1.54, 1.807) is 11.0 Å². The number of aromatic amines is 1. The van der Waals surface area contributed by atoms with Gasteiger partial charge in [0.1, 0.15) is 29.2 Å². The fourth-order valence-electron chi connectivity index (χ4n) is 3.35. The number of methoxy groups -OCH3 is 1. The summed E-state index contributed by atoms with van der Waals surface area (Å²) in [6, 6.07) is 2.76. The lowest BCUT2D eigenvalue weighted by Crippen LogP contribution is -2.58. The molecule has 1 amide bonds. The fraction of sp³-hybridized carbons (Fsp3) is 0.450. The number of benzene rings is 1. The molecule has 10 nitrogen and oxygen atoms in total. The monoisotopic (exact) mass is 418 g/mol. The maximum absolute atomic E-state index is 12.5. The molecule has 0 radical (unpaired) electrons. The van der Waals surface area contributed by atoms with Crippen LogP contribution in [0, 0.1) is 0 Å². The lowest BCUT2D eigenvalue weighted by molar-refractivity contribution is -0.216. The molecular formula is C20H26N4O6. The van der Waals surface area contributed by atoms with Gasteiger partial charge in [-0.25, -0.2) is 9.78 Å². The number of aryl methyl sites for hydroxylation is 1. The van der Waals surface area contributed by atoms with Crippen molar-refractivity contribution in [1.29, 1.82) is 0 Å². The van der Waals surface area contributed by atoms with Gasteiger partial charge in [-0.15, -0.1) is 0 Å². The van der Waals surface area contributed by atoms with Crippen LogP contribution in [0.25, 0.3) is 0 Å². The van der Waals surface area contributed by atoms with Crippen molar-refractivity contribution in [3.63, 3.8) is 0 Å². The number of ether oxygens (including phenoxy) is 2. The highest BCUT2D eigenvalue weighted by atomic mass is 17.2. The average molecular weight is 418 g/mol. The second-order valence-corrected chi connectivity index (χ2v) is 6.89. The van der Waals surface area contributed by atoms with Crippen molar-refractivity contribution < 1.29 is 28.8 Å². The first-order valence-electron chi connectivity index (χ1n) is 9.64. The van der Waals surface area contributed by atoms with E-state index in [0.29, 0.717) is 30.3 Å². The highest BCUT2D eigenvalue weighted by molar-refractivity contribution is 5.96. The summed E-state index contributed by atoms with van der Waals surface area (Å²) in [6.45, 7) is 2.72. The van der Waals surface area contributed by atoms with E-state index in [9.17, 15) is 9.59 Å². The number of H-pyrrole nitrogens is 1. The Kier molecular flexibility index (Phi) is 6.91. The van der Waals surface area contributed by atoms with E-state index >= 15 is 0 Å². The van der Waals surface area contributed by atoms with Crippen molar-refractivity contribution in [2.45, 2.75) is 31.9 Å². The quantitative estimate of drug-likeness (QED) is 0.462. The van der Waals surface area contributed by atoms with Crippen LogP contribution in [0.15, 0.2) is 24.7 Å². The summed E-state index contributed by atoms with van der Waals surface area (Å²) in [7, 11) is 2.74. The van der Waals surface area contributed by atoms with Crippen LogP contribution in [0.1, 0.15) is 41.0 Å². The molecule has 1 aliphatic rings. The maximum atomic E-state index is 12.5. The Morgan fingerprint density at radius 1 is 1.33 bits per heavy atom. The van der Waals surface area contributed by atoms with E-state index < -0.39 is 12.0 Å². The molecule has 1 aromatic carbocycles. The summed E-state index contributed by atoms with van der Waals surface area (Å²) in [6.07, 6.45) is 4.31. The van der Waals surface area contributed by atoms with E-state index in [2.05, 4.69) is 14.9 Å². The maximum Gasteiger partial charge on any atom is 0.380 e. The number of amides is 1. The van der Waals surface area contributed by atoms with E-state index in [4.69, 9.17) is 20.1 Å². The highest BCUT2D eigenvalue weighted by Gasteiger charge is 2.37. The molecule has 10 heteroatoms. The number of nitrogens with two attached hydrogens (primary N) is 1. The summed E-state index contributed by atoms with van der Waals surface area (Å²) in [5.41, 5.74) is 7.55. The van der Waals surface area contributed by atoms with Crippen LogP contribution < -0.4 is 15.2 Å². The number of likely N-dealkylation sites (tertiary alicyclic amines) is 1. The number of imidazole rings is 1. The van der Waals surface area contributed by atoms with Gasteiger partial charge in [-0.3, -0.25) is 9.68 Å². The van der Waals surface area contributed by atoms with Gasteiger partial charge in [0.05, 0.1) is 45.5 Å². The predicted molar refractivity (Wildman–Crippen MR) is 106 cm³/mol. The molecule has 3 N–H and O–H groups in total. The molecule has 0 saturated carbocycles. The Bertz CT molecular complexity index is 880. The first-order valence-corrected chi connectivity index (χ1v) is 9.64. The molecule has 1 aliphatic heterocycles. The fourth-order valence-corrected chi connectivity index (χ4v) is 3.35. The number of rotatable bonds is 9. The molecule has 1 aromatic heterocycles. The minimum absolute atomic E-state index is 0.157. The minimum Gasteiger partial charge on any atom is -0.495 e. The van der Waals surface area contributed by atoms with Gasteiger partial charge in [-0.1, -0.05) is 19.4 Å². The third-order valence-corrected chi connectivity index (χ3v) is 4.86. The first-order chi connectivity index (χ1) is 14.5. The highest BCUT2D eigenvalue weighted by Crippen LogP contribution is 2.35. The standard InChI is InChI=1S/C20H26N4O6/c1-4-5-12-6-7-15(16(18(12)27-2)20(26)30-28-3)29-13-9-24(10-13)19(25)17(21)14-8-22-11-23-14/h6-8,11,13,17H,4-5,9-10,21H2,1-3H3,(H,22,23). The zero-order valence-corrected chi connectivity index (χ0v) is 17.2. The van der Waals surface area contributed by atoms with Crippen molar-refractivity contribution in [3.05, 3.63) is 41.5 Å². The van der Waals surface area contributed by atoms with Gasteiger partial charge in [-0.2, -0.15) is 4.89 Å². The number of aromatic nitrogens is 2. The van der Waals surface area contributed by atoms with Crippen LogP contribution in [0.2, 0.25) is 0 Å². The lowest BCUT2D eigenvalue weighted by atomic mass is 10.0. The molecule has 3 rings (SSSR count). The van der Waals surface area contributed by atoms with Gasteiger partial charge in [-0.05, 0) is 18.1 Å². The van der Waals surface area contributed by atoms with Gasteiger partial charge in [0, 0.05) is 0 Å². The van der Waals surface area contributed by atoms with Crippen LogP contribution in [0.3, 0.4) is 0 Å². The van der Waals surface area contributed by atoms with Crippen LogP contribution in [-0.2, 0) is 21.0 Å². The molecule has 1 unspecified atom stereocenters. The Balaban J connectivity index is 1.72. The Hall–Kier alpha value is -3.11. The molecule has 0 spiro atoms. The number of nitrogens with zero attached hydrogens (tertiary/aromatic N) is 2. The average Bonchev–Trinajstić information content (AvgIpc) is 3.24. The van der Waals surface area contributed by atoms with Crippen molar-refractivity contribution >= 4 is 11.9 Å². The van der Waals surface area contributed by atoms with Crippen LogP contribution in [0.5, 0.6) is 11.5 Å². The molecule has 0 bridgehead atoms. The third kappa shape index (κ3) is 4.39. The van der Waals surface area contributed by atoms with Crippen LogP contribution >= 0.6 is 0 Å². The third-order valence-electron chi connectivity index (χ3n) is 4.86. The number of nitrogens with one attached hydrogen (secondary N) is 1. The summed E-state index contributed by atoms with van der Waals surface area (Å²) in [4.78, 5) is 42.5. The summed E-state index contributed by atoms with van der Waals surface area (Å²) in [5.74, 6) is -0.238. The number of hydrogen-bond donors (Lipinski definition) is 2. The minimum atomic E-state index is -0.811. The Labute approximate surface area is 174 Å². The summed E-state index contributed by atoms with van der Waals surface area (Å²) >= 11 is 0. The number of carbonyl (C=O) groups is 2. The molecule has 162 valence electrons. The first kappa shape index (κ1) is 21.6. The van der Waals surface area contributed by atoms with Crippen LogP contribution in [0.4, 0.5) is 0 Å². The summed E-state index contributed by atoms with van der Waals surface area (Å²) < 4.78 is 11.5. The SMILES string of the molecule is CCCc1ccc(OC2CN(C(=O)C(N)c3cnc[nH]3)C2)c(C(=O)OOC)c1OC. The normalized spacial score (nSPS) is 14.7. The Morgan fingerprint density at radius 3 is 2.70 bits per heavy atom. The van der Waals surface area contributed by atoms with Gasteiger partial charge in [0.15, 0.2) is 0 Å². The molecule has 30 heavy (non-hydrogen) atoms. The van der Waals surface area contributed by atoms with Crippen molar-refractivity contribution in [1.82, 2.24) is 14.9 Å². The molecule has 1 saturated heterocycles. The lowest BCUT2D eigenvalue weighted by Gasteiger charge is -2.40. The molecule has 0 aliphatic carbocycles. The molecule has 1 fully saturated rings. The Morgan fingerprint density at radius 2 is 2.10 bits per heavy atom. The molecule has 2 aromatic rings. The second kappa shape index (κ2) is 9.59. The largest absolute Gasteiger partial charge is 0.495 e. The van der Waals surface area contributed by atoms with Gasteiger partial charge in [0.25, 0.3) is 0 Å². The number of carbonyl (C=O) groups excluding carboxylic acids is 2. The van der Waals surface area contributed by atoms with Crippen LogP contribution in [-0.4, -0.2) is 60.2 Å². The van der Waals surface area contributed by atoms with E-state index in [0.717, 1.165) is 18.4 Å². The van der Waals surface area contributed by atoms with Gasteiger partial charge >= 0.3 is 5.97 Å². The smallest absolute Gasteiger partial charge is 0.380 e. The van der Waals surface area contributed by atoms with Gasteiger partial charge < -0.3 is 25.1 Å². The zero-order valence-electron chi connectivity index (χ0n) is 17.2. The summed E-state index contributed by atoms with van der Waals surface area (Å²) in [5, 5.41) is 0. The molecule has 1 atom stereocenters.